The molecular weight excluding hydrogens is 352 g/mol. The van der Waals surface area contributed by atoms with Crippen LogP contribution in [0.4, 0.5) is 0 Å². The first-order chi connectivity index (χ1) is 13.4. The second-order valence-electron chi connectivity index (χ2n) is 8.86. The van der Waals surface area contributed by atoms with E-state index in [2.05, 4.69) is 47.3 Å². The fourth-order valence-electron chi connectivity index (χ4n) is 4.30. The zero-order chi connectivity index (χ0) is 19.9. The van der Waals surface area contributed by atoms with Gasteiger partial charge >= 0.3 is 0 Å². The second-order valence-corrected chi connectivity index (χ2v) is 8.86. The molecule has 1 aliphatic rings. The number of hydrogen-bond donors (Lipinski definition) is 2. The third-order valence-corrected chi connectivity index (χ3v) is 5.72. The van der Waals surface area contributed by atoms with E-state index in [0.717, 1.165) is 53.8 Å². The molecule has 1 aliphatic heterocycles. The van der Waals surface area contributed by atoms with Crippen LogP contribution in [0, 0.1) is 6.92 Å². The molecule has 0 aliphatic carbocycles. The number of fused-ring (bicyclic) bond motifs is 1. The summed E-state index contributed by atoms with van der Waals surface area (Å²) in [5.41, 5.74) is 2.41. The predicted octanol–water partition coefficient (Wildman–Crippen LogP) is 1.74. The lowest BCUT2D eigenvalue weighted by molar-refractivity contribution is -0.931. The number of tetrazole rings is 1. The number of piperidine rings is 1. The van der Waals surface area contributed by atoms with E-state index < -0.39 is 0 Å². The van der Waals surface area contributed by atoms with Crippen molar-refractivity contribution in [3.8, 4) is 0 Å². The van der Waals surface area contributed by atoms with Gasteiger partial charge in [0.05, 0.1) is 29.7 Å². The van der Waals surface area contributed by atoms with E-state index in [1.165, 1.54) is 11.3 Å². The first-order valence-electron chi connectivity index (χ1n) is 10.1. The highest BCUT2D eigenvalue weighted by molar-refractivity contribution is 5.82. The van der Waals surface area contributed by atoms with Crippen LogP contribution in [-0.4, -0.2) is 38.3 Å². The Bertz CT molecular complexity index is 1040. The topological polar surface area (TPSA) is 80.9 Å². The first kappa shape index (κ1) is 18.8. The number of aromatic amines is 1. The Morgan fingerprint density at radius 3 is 2.64 bits per heavy atom. The predicted molar refractivity (Wildman–Crippen MR) is 109 cm³/mol. The zero-order valence-electron chi connectivity index (χ0n) is 17.1. The molecule has 0 unspecified atom stereocenters. The number of nitrogens with zero attached hydrogens (tertiary/aromatic N) is 4. The van der Waals surface area contributed by atoms with Crippen molar-refractivity contribution in [2.75, 3.05) is 13.1 Å². The molecule has 1 saturated heterocycles. The van der Waals surface area contributed by atoms with E-state index in [-0.39, 0.29) is 17.1 Å². The number of H-pyrrole nitrogens is 1. The van der Waals surface area contributed by atoms with E-state index in [0.29, 0.717) is 0 Å². The molecule has 0 spiro atoms. The van der Waals surface area contributed by atoms with E-state index in [9.17, 15) is 4.79 Å². The van der Waals surface area contributed by atoms with Crippen molar-refractivity contribution in [3.63, 3.8) is 0 Å². The number of aromatic nitrogens is 5. The summed E-state index contributed by atoms with van der Waals surface area (Å²) in [5.74, 6) is 0.766. The summed E-state index contributed by atoms with van der Waals surface area (Å²) in [4.78, 5) is 17.7. The second kappa shape index (κ2) is 7.13. The van der Waals surface area contributed by atoms with Gasteiger partial charge in [0.1, 0.15) is 0 Å². The maximum absolute atomic E-state index is 13.2. The molecule has 0 radical (unpaired) electrons. The fraction of sp³-hybridized carbons (Fsp3) is 0.524. The van der Waals surface area contributed by atoms with Crippen molar-refractivity contribution < 1.29 is 4.90 Å². The van der Waals surface area contributed by atoms with Crippen LogP contribution in [0.25, 0.3) is 10.9 Å². The number of pyridine rings is 1. The lowest BCUT2D eigenvalue weighted by atomic mass is 9.99. The summed E-state index contributed by atoms with van der Waals surface area (Å²) in [6.07, 6.45) is 3.56. The molecule has 7 nitrogen and oxygen atoms in total. The number of nitrogens with one attached hydrogen (secondary N) is 2. The van der Waals surface area contributed by atoms with Crippen LogP contribution < -0.4 is 10.5 Å². The van der Waals surface area contributed by atoms with E-state index >= 15 is 0 Å². The number of hydrogen-bond acceptors (Lipinski definition) is 4. The van der Waals surface area contributed by atoms with Crippen molar-refractivity contribution in [1.29, 1.82) is 0 Å². The van der Waals surface area contributed by atoms with E-state index in [1.54, 1.807) is 0 Å². The van der Waals surface area contributed by atoms with Crippen LogP contribution in [-0.2, 0) is 5.54 Å². The third-order valence-electron chi connectivity index (χ3n) is 5.72. The summed E-state index contributed by atoms with van der Waals surface area (Å²) in [5, 5.41) is 13.7. The van der Waals surface area contributed by atoms with Crippen LogP contribution in [0.3, 0.4) is 0 Å². The summed E-state index contributed by atoms with van der Waals surface area (Å²) < 4.78 is 1.87. The smallest absolute Gasteiger partial charge is 0.258 e. The quantitative estimate of drug-likeness (QED) is 0.724. The molecule has 1 aromatic carbocycles. The monoisotopic (exact) mass is 381 g/mol. The number of likely N-dealkylation sites (tertiary alicyclic amines) is 1. The Kier molecular flexibility index (Phi) is 4.79. The summed E-state index contributed by atoms with van der Waals surface area (Å²) in [6, 6.07) is 7.96. The third kappa shape index (κ3) is 3.35. The summed E-state index contributed by atoms with van der Waals surface area (Å²) >= 11 is 0. The van der Waals surface area contributed by atoms with Crippen LogP contribution in [0.2, 0.25) is 0 Å². The molecular formula is C21H29N6O+. The van der Waals surface area contributed by atoms with Crippen molar-refractivity contribution in [3.05, 3.63) is 51.6 Å². The van der Waals surface area contributed by atoms with Gasteiger partial charge in [0.25, 0.3) is 5.56 Å². The number of aryl methyl sites for hydroxylation is 1. The number of quaternary nitrogens is 1. The number of para-hydroxylation sites is 1. The maximum Gasteiger partial charge on any atom is 0.258 e. The Hall–Kier alpha value is -2.54. The number of benzene rings is 1. The Balaban J connectivity index is 1.92. The molecule has 148 valence electrons. The first-order valence-corrected chi connectivity index (χ1v) is 10.1. The van der Waals surface area contributed by atoms with Gasteiger partial charge in [-0.3, -0.25) is 4.79 Å². The van der Waals surface area contributed by atoms with Gasteiger partial charge in [-0.15, -0.1) is 5.10 Å². The van der Waals surface area contributed by atoms with E-state index in [1.807, 2.05) is 29.8 Å². The molecule has 3 aromatic rings. The molecule has 0 bridgehead atoms. The molecule has 1 atom stereocenters. The molecule has 28 heavy (non-hydrogen) atoms. The largest absolute Gasteiger partial charge is 0.322 e. The lowest BCUT2D eigenvalue weighted by Crippen LogP contribution is -3.13. The minimum atomic E-state index is -0.257. The van der Waals surface area contributed by atoms with Gasteiger partial charge < -0.3 is 9.88 Å². The van der Waals surface area contributed by atoms with Gasteiger partial charge in [0.15, 0.2) is 6.04 Å². The van der Waals surface area contributed by atoms with Crippen molar-refractivity contribution >= 4 is 10.9 Å². The molecule has 4 rings (SSSR count). The highest BCUT2D eigenvalue weighted by Gasteiger charge is 2.36. The highest BCUT2D eigenvalue weighted by atomic mass is 16.1. The highest BCUT2D eigenvalue weighted by Crippen LogP contribution is 2.23. The van der Waals surface area contributed by atoms with E-state index in [4.69, 9.17) is 0 Å². The average molecular weight is 382 g/mol. The van der Waals surface area contributed by atoms with Gasteiger partial charge in [0, 0.05) is 0 Å². The van der Waals surface area contributed by atoms with Gasteiger partial charge in [0.2, 0.25) is 5.82 Å². The van der Waals surface area contributed by atoms with Crippen molar-refractivity contribution in [1.82, 2.24) is 25.2 Å². The molecule has 0 saturated carbocycles. The molecule has 1 fully saturated rings. The molecule has 3 heterocycles. The van der Waals surface area contributed by atoms with Gasteiger partial charge in [-0.05, 0) is 74.4 Å². The Labute approximate surface area is 164 Å². The summed E-state index contributed by atoms with van der Waals surface area (Å²) in [6.45, 7) is 10.3. The molecule has 0 amide bonds. The maximum atomic E-state index is 13.2. The van der Waals surface area contributed by atoms with Crippen molar-refractivity contribution in [2.45, 2.75) is 58.5 Å². The number of rotatable bonds is 3. The minimum absolute atomic E-state index is 0.0478. The van der Waals surface area contributed by atoms with Crippen LogP contribution in [0.1, 0.15) is 63.0 Å². The van der Waals surface area contributed by atoms with Crippen LogP contribution >= 0.6 is 0 Å². The minimum Gasteiger partial charge on any atom is -0.322 e. The molecule has 2 aromatic heterocycles. The SMILES string of the molecule is Cc1cccc2cc([C@H](c3nnnn3C(C)(C)C)[NH+]3CCCCC3)c(=O)[nH]c12. The van der Waals surface area contributed by atoms with Crippen LogP contribution in [0.15, 0.2) is 29.1 Å². The lowest BCUT2D eigenvalue weighted by Gasteiger charge is -2.32. The van der Waals surface area contributed by atoms with Gasteiger partial charge in [-0.1, -0.05) is 18.2 Å². The summed E-state index contributed by atoms with van der Waals surface area (Å²) in [7, 11) is 0. The standard InChI is InChI=1S/C21H28N6O/c1-14-9-8-10-15-13-16(20(28)22-17(14)15)18(26-11-6-5-7-12-26)19-23-24-25-27(19)21(2,3)4/h8-10,13,18H,5-7,11-12H2,1-4H3,(H,22,28)/p+1/t18-/m1/s1. The normalized spacial score (nSPS) is 17.1. The fourth-order valence-corrected chi connectivity index (χ4v) is 4.30. The van der Waals surface area contributed by atoms with Gasteiger partial charge in [-0.25, -0.2) is 4.68 Å². The molecule has 2 N–H and O–H groups in total. The molecule has 7 heteroatoms. The van der Waals surface area contributed by atoms with Crippen molar-refractivity contribution in [2.24, 2.45) is 0 Å². The zero-order valence-corrected chi connectivity index (χ0v) is 17.1. The van der Waals surface area contributed by atoms with Gasteiger partial charge in [-0.2, -0.15) is 0 Å². The van der Waals surface area contributed by atoms with Crippen LogP contribution in [0.5, 0.6) is 0 Å². The Morgan fingerprint density at radius 1 is 1.18 bits per heavy atom. The Morgan fingerprint density at radius 2 is 1.93 bits per heavy atom. The average Bonchev–Trinajstić information content (AvgIpc) is 3.14.